The van der Waals surface area contributed by atoms with Crippen molar-refractivity contribution in [2.75, 3.05) is 5.73 Å². The number of hydrogen-bond acceptors (Lipinski definition) is 3. The van der Waals surface area contributed by atoms with E-state index in [0.717, 1.165) is 12.5 Å². The molecule has 4 nitrogen and oxygen atoms in total. The number of hydrogen-bond donors (Lipinski definition) is 2. The van der Waals surface area contributed by atoms with E-state index in [0.29, 0.717) is 5.92 Å². The van der Waals surface area contributed by atoms with Crippen molar-refractivity contribution in [2.24, 2.45) is 5.92 Å². The second-order valence-corrected chi connectivity index (χ2v) is 5.77. The molecule has 6 heteroatoms. The molecule has 0 bridgehead atoms. The quantitative estimate of drug-likeness (QED) is 0.782. The Balaban J connectivity index is 2.32. The molecule has 0 heterocycles. The molecule has 16 heavy (non-hydrogen) atoms. The molecule has 3 N–H and O–H groups in total. The van der Waals surface area contributed by atoms with Crippen molar-refractivity contribution >= 4 is 15.7 Å². The molecule has 1 saturated carbocycles. The Kier molecular flexibility index (Phi) is 2.63. The summed E-state index contributed by atoms with van der Waals surface area (Å²) in [5.41, 5.74) is 5.08. The van der Waals surface area contributed by atoms with Crippen LogP contribution in [0.25, 0.3) is 0 Å². The SMILES string of the molecule is CC1CC1NS(=O)(=O)c1cccc(F)c1N. The molecule has 2 unspecified atom stereocenters. The summed E-state index contributed by atoms with van der Waals surface area (Å²) < 4.78 is 39.3. The van der Waals surface area contributed by atoms with Crippen LogP contribution in [-0.2, 0) is 10.0 Å². The number of nitrogens with two attached hydrogens (primary N) is 1. The van der Waals surface area contributed by atoms with Gasteiger partial charge in [0, 0.05) is 6.04 Å². The molecule has 2 atom stereocenters. The van der Waals surface area contributed by atoms with Gasteiger partial charge < -0.3 is 5.73 Å². The molecule has 1 aromatic carbocycles. The summed E-state index contributed by atoms with van der Waals surface area (Å²) in [5, 5.41) is 0. The number of rotatable bonds is 3. The molecule has 0 spiro atoms. The lowest BCUT2D eigenvalue weighted by Crippen LogP contribution is -2.27. The number of nitrogens with one attached hydrogen (secondary N) is 1. The van der Waals surface area contributed by atoms with Gasteiger partial charge in [0.2, 0.25) is 10.0 Å². The van der Waals surface area contributed by atoms with Crippen LogP contribution >= 0.6 is 0 Å². The highest BCUT2D eigenvalue weighted by atomic mass is 32.2. The van der Waals surface area contributed by atoms with Gasteiger partial charge >= 0.3 is 0 Å². The summed E-state index contributed by atoms with van der Waals surface area (Å²) in [6.07, 6.45) is 0.814. The van der Waals surface area contributed by atoms with Gasteiger partial charge in [-0.1, -0.05) is 13.0 Å². The molecule has 1 aliphatic carbocycles. The maximum absolute atomic E-state index is 13.1. The summed E-state index contributed by atoms with van der Waals surface area (Å²) in [7, 11) is -3.70. The van der Waals surface area contributed by atoms with Gasteiger partial charge in [-0.2, -0.15) is 0 Å². The average Bonchev–Trinajstić information content (AvgIpc) is 2.85. The standard InChI is InChI=1S/C10H13FN2O2S/c1-6-5-8(6)13-16(14,15)9-4-2-3-7(11)10(9)12/h2-4,6,8,13H,5,12H2,1H3. The molecule has 1 fully saturated rings. The Bertz CT molecular complexity index is 516. The molecule has 1 aromatic rings. The first kappa shape index (κ1) is 11.3. The number of sulfonamides is 1. The number of anilines is 1. The van der Waals surface area contributed by atoms with E-state index < -0.39 is 15.8 Å². The number of para-hydroxylation sites is 1. The lowest BCUT2D eigenvalue weighted by Gasteiger charge is -2.08. The molecule has 0 amide bonds. The van der Waals surface area contributed by atoms with E-state index in [4.69, 9.17) is 5.73 Å². The lowest BCUT2D eigenvalue weighted by molar-refractivity contribution is 0.576. The maximum Gasteiger partial charge on any atom is 0.242 e. The Labute approximate surface area is 93.7 Å². The van der Waals surface area contributed by atoms with E-state index >= 15 is 0 Å². The Morgan fingerprint density at radius 2 is 2.12 bits per heavy atom. The molecular weight excluding hydrogens is 231 g/mol. The second kappa shape index (κ2) is 3.71. The molecule has 0 radical (unpaired) electrons. The summed E-state index contributed by atoms with van der Waals surface area (Å²) in [5.74, 6) is -0.378. The largest absolute Gasteiger partial charge is 0.395 e. The maximum atomic E-state index is 13.1. The van der Waals surface area contributed by atoms with Gasteiger partial charge in [0.25, 0.3) is 0 Å². The van der Waals surface area contributed by atoms with Crippen LogP contribution in [0.5, 0.6) is 0 Å². The van der Waals surface area contributed by atoms with E-state index in [9.17, 15) is 12.8 Å². The third-order valence-electron chi connectivity index (χ3n) is 2.72. The van der Waals surface area contributed by atoms with E-state index in [1.165, 1.54) is 12.1 Å². The van der Waals surface area contributed by atoms with Crippen molar-refractivity contribution in [3.05, 3.63) is 24.0 Å². The topological polar surface area (TPSA) is 72.2 Å². The first-order chi connectivity index (χ1) is 7.42. The highest BCUT2D eigenvalue weighted by Crippen LogP contribution is 2.31. The van der Waals surface area contributed by atoms with Crippen molar-refractivity contribution in [3.8, 4) is 0 Å². The second-order valence-electron chi connectivity index (χ2n) is 4.09. The summed E-state index contributed by atoms with van der Waals surface area (Å²) >= 11 is 0. The molecular formula is C10H13FN2O2S. The normalized spacial score (nSPS) is 24.4. The van der Waals surface area contributed by atoms with Crippen LogP contribution in [0.15, 0.2) is 23.1 Å². The average molecular weight is 244 g/mol. The van der Waals surface area contributed by atoms with E-state index in [-0.39, 0.29) is 16.6 Å². The molecule has 0 aliphatic heterocycles. The van der Waals surface area contributed by atoms with Crippen molar-refractivity contribution < 1.29 is 12.8 Å². The number of nitrogen functional groups attached to an aromatic ring is 1. The van der Waals surface area contributed by atoms with Gasteiger partial charge in [0.1, 0.15) is 10.7 Å². The smallest absolute Gasteiger partial charge is 0.242 e. The van der Waals surface area contributed by atoms with E-state index in [1.54, 1.807) is 0 Å². The summed E-state index contributed by atoms with van der Waals surface area (Å²) in [6.45, 7) is 1.95. The Morgan fingerprint density at radius 3 is 2.69 bits per heavy atom. The fraction of sp³-hybridized carbons (Fsp3) is 0.400. The minimum atomic E-state index is -3.70. The van der Waals surface area contributed by atoms with Gasteiger partial charge in [0.05, 0.1) is 5.69 Å². The predicted molar refractivity (Wildman–Crippen MR) is 58.7 cm³/mol. The highest BCUT2D eigenvalue weighted by Gasteiger charge is 2.37. The highest BCUT2D eigenvalue weighted by molar-refractivity contribution is 7.89. The summed E-state index contributed by atoms with van der Waals surface area (Å²) in [4.78, 5) is -0.188. The van der Waals surface area contributed by atoms with Gasteiger partial charge in [-0.3, -0.25) is 0 Å². The molecule has 0 aromatic heterocycles. The molecule has 0 saturated heterocycles. The van der Waals surface area contributed by atoms with Crippen LogP contribution in [0.2, 0.25) is 0 Å². The van der Waals surface area contributed by atoms with Crippen molar-refractivity contribution in [1.29, 1.82) is 0 Å². The minimum absolute atomic E-state index is 0.0485. The first-order valence-electron chi connectivity index (χ1n) is 4.98. The third kappa shape index (κ3) is 2.03. The molecule has 1 aliphatic rings. The zero-order valence-corrected chi connectivity index (χ0v) is 9.59. The first-order valence-corrected chi connectivity index (χ1v) is 6.46. The van der Waals surface area contributed by atoms with E-state index in [2.05, 4.69) is 4.72 Å². The summed E-state index contributed by atoms with van der Waals surface area (Å²) in [6, 6.07) is 3.71. The van der Waals surface area contributed by atoms with Crippen LogP contribution < -0.4 is 10.5 Å². The fourth-order valence-electron chi connectivity index (χ4n) is 1.50. The van der Waals surface area contributed by atoms with Crippen LogP contribution in [0.4, 0.5) is 10.1 Å². The van der Waals surface area contributed by atoms with Crippen molar-refractivity contribution in [2.45, 2.75) is 24.3 Å². The van der Waals surface area contributed by atoms with Crippen LogP contribution in [0.3, 0.4) is 0 Å². The third-order valence-corrected chi connectivity index (χ3v) is 4.27. The lowest BCUT2D eigenvalue weighted by atomic mass is 10.3. The van der Waals surface area contributed by atoms with Gasteiger partial charge in [-0.25, -0.2) is 17.5 Å². The van der Waals surface area contributed by atoms with Gasteiger partial charge in [0.15, 0.2) is 0 Å². The van der Waals surface area contributed by atoms with Gasteiger partial charge in [-0.15, -0.1) is 0 Å². The molecule has 2 rings (SSSR count). The Hall–Kier alpha value is -1.14. The zero-order chi connectivity index (χ0) is 11.9. The van der Waals surface area contributed by atoms with Gasteiger partial charge in [-0.05, 0) is 24.5 Å². The number of halogens is 1. The van der Waals surface area contributed by atoms with Crippen LogP contribution in [0, 0.1) is 11.7 Å². The number of benzene rings is 1. The monoisotopic (exact) mass is 244 g/mol. The van der Waals surface area contributed by atoms with Crippen molar-refractivity contribution in [3.63, 3.8) is 0 Å². The van der Waals surface area contributed by atoms with Crippen LogP contribution in [0.1, 0.15) is 13.3 Å². The Morgan fingerprint density at radius 1 is 1.50 bits per heavy atom. The molecule has 88 valence electrons. The predicted octanol–water partition coefficient (Wildman–Crippen LogP) is 1.09. The van der Waals surface area contributed by atoms with Crippen molar-refractivity contribution in [1.82, 2.24) is 4.72 Å². The van der Waals surface area contributed by atoms with E-state index in [1.807, 2.05) is 6.92 Å². The minimum Gasteiger partial charge on any atom is -0.395 e. The zero-order valence-electron chi connectivity index (χ0n) is 8.77. The fourth-order valence-corrected chi connectivity index (χ4v) is 3.00. The van der Waals surface area contributed by atoms with Crippen LogP contribution in [-0.4, -0.2) is 14.5 Å².